The molecule has 0 spiro atoms. The van der Waals surface area contributed by atoms with Crippen LogP contribution in [0.15, 0.2) is 6.07 Å². The van der Waals surface area contributed by atoms with Crippen molar-refractivity contribution in [1.82, 2.24) is 15.1 Å². The number of rotatable bonds is 6. The quantitative estimate of drug-likeness (QED) is 0.808. The lowest BCUT2D eigenvalue weighted by atomic mass is 9.84. The lowest BCUT2D eigenvalue weighted by Crippen LogP contribution is -2.29. The topological polar surface area (TPSA) is 29.9 Å². The van der Waals surface area contributed by atoms with E-state index in [4.69, 9.17) is 0 Å². The van der Waals surface area contributed by atoms with Crippen LogP contribution in [-0.2, 0) is 19.9 Å². The summed E-state index contributed by atoms with van der Waals surface area (Å²) < 4.78 is 2.11. The molecule has 3 nitrogen and oxygen atoms in total. The molecule has 0 amide bonds. The summed E-state index contributed by atoms with van der Waals surface area (Å²) in [6.45, 7) is 6.68. The molecule has 2 rings (SSSR count). The van der Waals surface area contributed by atoms with Crippen molar-refractivity contribution in [2.45, 2.75) is 58.8 Å². The Morgan fingerprint density at radius 3 is 2.60 bits per heavy atom. The van der Waals surface area contributed by atoms with E-state index in [9.17, 15) is 0 Å². The predicted molar refractivity (Wildman–Crippen MR) is 84.9 cm³/mol. The molecule has 1 saturated carbocycles. The van der Waals surface area contributed by atoms with Crippen molar-refractivity contribution in [2.24, 2.45) is 18.9 Å². The maximum Gasteiger partial charge on any atom is 0.0624 e. The molecule has 0 saturated heterocycles. The van der Waals surface area contributed by atoms with Gasteiger partial charge in [0.1, 0.15) is 0 Å². The van der Waals surface area contributed by atoms with Gasteiger partial charge in [-0.3, -0.25) is 4.68 Å². The highest BCUT2D eigenvalue weighted by Crippen LogP contribution is 2.31. The smallest absolute Gasteiger partial charge is 0.0624 e. The van der Waals surface area contributed by atoms with Crippen molar-refractivity contribution < 1.29 is 0 Å². The Morgan fingerprint density at radius 2 is 1.95 bits per heavy atom. The molecule has 2 atom stereocenters. The molecule has 0 aliphatic heterocycles. The van der Waals surface area contributed by atoms with Crippen LogP contribution in [0.5, 0.6) is 0 Å². The fourth-order valence-electron chi connectivity index (χ4n) is 3.53. The van der Waals surface area contributed by atoms with E-state index in [1.807, 2.05) is 0 Å². The van der Waals surface area contributed by atoms with Crippen molar-refractivity contribution in [2.75, 3.05) is 13.1 Å². The summed E-state index contributed by atoms with van der Waals surface area (Å²) in [5.41, 5.74) is 2.66. The standard InChI is InChI=1S/C17H31N3/c1-4-16-12-17(20(3)19-16)11-14-9-7-6-8-10-15(14)13-18-5-2/h12,14-15,18H,4-11,13H2,1-3H3. The molecule has 1 N–H and O–H groups in total. The highest BCUT2D eigenvalue weighted by molar-refractivity contribution is 5.11. The van der Waals surface area contributed by atoms with Crippen LogP contribution < -0.4 is 5.32 Å². The summed E-state index contributed by atoms with van der Waals surface area (Å²) in [5.74, 6) is 1.68. The fourth-order valence-corrected chi connectivity index (χ4v) is 3.53. The average molecular weight is 277 g/mol. The van der Waals surface area contributed by atoms with Gasteiger partial charge >= 0.3 is 0 Å². The van der Waals surface area contributed by atoms with E-state index in [-0.39, 0.29) is 0 Å². The first kappa shape index (κ1) is 15.6. The summed E-state index contributed by atoms with van der Waals surface area (Å²) in [6, 6.07) is 2.31. The Hall–Kier alpha value is -0.830. The van der Waals surface area contributed by atoms with E-state index >= 15 is 0 Å². The molecule has 3 heteroatoms. The van der Waals surface area contributed by atoms with Gasteiger partial charge in [0.05, 0.1) is 5.69 Å². The molecule has 0 radical (unpaired) electrons. The zero-order valence-corrected chi connectivity index (χ0v) is 13.5. The Labute approximate surface area is 124 Å². The van der Waals surface area contributed by atoms with Crippen molar-refractivity contribution in [3.63, 3.8) is 0 Å². The van der Waals surface area contributed by atoms with Crippen LogP contribution >= 0.6 is 0 Å². The number of nitrogens with zero attached hydrogens (tertiary/aromatic N) is 2. The molecule has 0 aromatic carbocycles. The SMILES string of the molecule is CCNCC1CCCCCC1Cc1cc(CC)nn1C. The molecule has 1 aromatic rings. The fraction of sp³-hybridized carbons (Fsp3) is 0.824. The third kappa shape index (κ3) is 4.08. The molecule has 0 bridgehead atoms. The number of hydrogen-bond acceptors (Lipinski definition) is 2. The Balaban J connectivity index is 2.03. The summed E-state index contributed by atoms with van der Waals surface area (Å²) in [6.07, 6.45) is 9.28. The van der Waals surface area contributed by atoms with E-state index in [0.29, 0.717) is 0 Å². The van der Waals surface area contributed by atoms with Gasteiger partial charge in [-0.25, -0.2) is 0 Å². The molecule has 1 fully saturated rings. The van der Waals surface area contributed by atoms with Gasteiger partial charge in [-0.05, 0) is 56.7 Å². The molecule has 20 heavy (non-hydrogen) atoms. The van der Waals surface area contributed by atoms with Crippen molar-refractivity contribution in [3.05, 3.63) is 17.5 Å². The maximum absolute atomic E-state index is 4.61. The zero-order chi connectivity index (χ0) is 14.4. The predicted octanol–water partition coefficient (Wildman–Crippen LogP) is 3.33. The normalized spacial score (nSPS) is 23.8. The van der Waals surface area contributed by atoms with Gasteiger partial charge in [0.25, 0.3) is 0 Å². The summed E-state index contributed by atoms with van der Waals surface area (Å²) >= 11 is 0. The van der Waals surface area contributed by atoms with Crippen molar-refractivity contribution >= 4 is 0 Å². The molecule has 2 unspecified atom stereocenters. The number of aromatic nitrogens is 2. The third-order valence-electron chi connectivity index (χ3n) is 4.83. The molecular weight excluding hydrogens is 246 g/mol. The van der Waals surface area contributed by atoms with Crippen molar-refractivity contribution in [3.8, 4) is 0 Å². The monoisotopic (exact) mass is 277 g/mol. The summed E-state index contributed by atoms with van der Waals surface area (Å²) in [4.78, 5) is 0. The van der Waals surface area contributed by atoms with E-state index < -0.39 is 0 Å². The molecule has 1 aliphatic carbocycles. The second-order valence-corrected chi connectivity index (χ2v) is 6.27. The number of hydrogen-bond donors (Lipinski definition) is 1. The van der Waals surface area contributed by atoms with Gasteiger partial charge < -0.3 is 5.32 Å². The Morgan fingerprint density at radius 1 is 1.20 bits per heavy atom. The van der Waals surface area contributed by atoms with Gasteiger partial charge in [-0.15, -0.1) is 0 Å². The van der Waals surface area contributed by atoms with Gasteiger partial charge in [0.15, 0.2) is 0 Å². The first-order valence-corrected chi connectivity index (χ1v) is 8.47. The minimum Gasteiger partial charge on any atom is -0.317 e. The van der Waals surface area contributed by atoms with Crippen LogP contribution in [0.2, 0.25) is 0 Å². The van der Waals surface area contributed by atoms with Crippen LogP contribution in [0.25, 0.3) is 0 Å². The third-order valence-corrected chi connectivity index (χ3v) is 4.83. The van der Waals surface area contributed by atoms with Gasteiger partial charge in [-0.2, -0.15) is 5.10 Å². The minimum absolute atomic E-state index is 0.830. The number of nitrogens with one attached hydrogen (secondary N) is 1. The van der Waals surface area contributed by atoms with E-state index in [2.05, 4.69) is 42.1 Å². The average Bonchev–Trinajstić information content (AvgIpc) is 2.67. The molecule has 1 aromatic heterocycles. The second-order valence-electron chi connectivity index (χ2n) is 6.27. The van der Waals surface area contributed by atoms with Gasteiger partial charge in [0.2, 0.25) is 0 Å². The molecular formula is C17H31N3. The molecule has 114 valence electrons. The van der Waals surface area contributed by atoms with E-state index in [1.165, 1.54) is 56.5 Å². The highest BCUT2D eigenvalue weighted by Gasteiger charge is 2.24. The minimum atomic E-state index is 0.830. The van der Waals surface area contributed by atoms with Crippen LogP contribution in [0.3, 0.4) is 0 Å². The van der Waals surface area contributed by atoms with Crippen LogP contribution in [0.4, 0.5) is 0 Å². The second kappa shape index (κ2) is 7.82. The summed E-state index contributed by atoms with van der Waals surface area (Å²) in [7, 11) is 2.10. The van der Waals surface area contributed by atoms with Crippen LogP contribution in [0.1, 0.15) is 57.3 Å². The lowest BCUT2D eigenvalue weighted by Gasteiger charge is -2.25. The van der Waals surface area contributed by atoms with Crippen LogP contribution in [0, 0.1) is 11.8 Å². The van der Waals surface area contributed by atoms with Crippen LogP contribution in [-0.4, -0.2) is 22.9 Å². The number of aryl methyl sites for hydroxylation is 2. The largest absolute Gasteiger partial charge is 0.317 e. The molecule has 1 aliphatic rings. The van der Waals surface area contributed by atoms with Gasteiger partial charge in [0, 0.05) is 12.7 Å². The summed E-state index contributed by atoms with van der Waals surface area (Å²) in [5, 5.41) is 8.18. The lowest BCUT2D eigenvalue weighted by molar-refractivity contribution is 0.295. The Kier molecular flexibility index (Phi) is 6.08. The van der Waals surface area contributed by atoms with Crippen molar-refractivity contribution in [1.29, 1.82) is 0 Å². The first-order chi connectivity index (χ1) is 9.74. The highest BCUT2D eigenvalue weighted by atomic mass is 15.3. The Bertz CT molecular complexity index is 397. The maximum atomic E-state index is 4.61. The van der Waals surface area contributed by atoms with E-state index in [1.54, 1.807) is 0 Å². The van der Waals surface area contributed by atoms with E-state index in [0.717, 1.165) is 24.8 Å². The molecule has 1 heterocycles. The zero-order valence-electron chi connectivity index (χ0n) is 13.5. The van der Waals surface area contributed by atoms with Gasteiger partial charge in [-0.1, -0.05) is 33.1 Å². The first-order valence-electron chi connectivity index (χ1n) is 8.47.